The molecule has 0 N–H and O–H groups in total. The number of allylic oxidation sites excluding steroid dienone is 1. The van der Waals surface area contributed by atoms with Crippen LogP contribution in [-0.2, 0) is 13.2 Å². The summed E-state index contributed by atoms with van der Waals surface area (Å²) >= 11 is 1.44. The maximum atomic E-state index is 9.98. The predicted molar refractivity (Wildman–Crippen MR) is 160 cm³/mol. The lowest BCUT2D eigenvalue weighted by Gasteiger charge is -2.14. The van der Waals surface area contributed by atoms with Crippen LogP contribution in [0.4, 0.5) is 0 Å². The molecule has 0 aliphatic carbocycles. The molecule has 0 unspecified atom stereocenters. The predicted octanol–water partition coefficient (Wildman–Crippen LogP) is 8.43. The highest BCUT2D eigenvalue weighted by molar-refractivity contribution is 7.11. The van der Waals surface area contributed by atoms with E-state index < -0.39 is 0 Å². The Hall–Kier alpha value is -4.86. The van der Waals surface area contributed by atoms with E-state index in [4.69, 9.17) is 19.2 Å². The summed E-state index contributed by atoms with van der Waals surface area (Å²) in [5.41, 5.74) is 5.22. The zero-order valence-corrected chi connectivity index (χ0v) is 22.9. The molecule has 40 heavy (non-hydrogen) atoms. The Morgan fingerprint density at radius 3 is 2.08 bits per heavy atom. The van der Waals surface area contributed by atoms with Crippen molar-refractivity contribution in [1.82, 2.24) is 4.98 Å². The van der Waals surface area contributed by atoms with Gasteiger partial charge in [-0.15, -0.1) is 11.3 Å². The molecule has 5 nitrogen and oxygen atoms in total. The fourth-order valence-corrected chi connectivity index (χ4v) is 4.84. The highest BCUT2D eigenvalue weighted by Crippen LogP contribution is 2.33. The van der Waals surface area contributed by atoms with Gasteiger partial charge in [0, 0.05) is 10.9 Å². The van der Waals surface area contributed by atoms with E-state index in [1.807, 2.05) is 122 Å². The van der Waals surface area contributed by atoms with Crippen LogP contribution in [0.25, 0.3) is 22.9 Å². The number of nitrogens with zero attached hydrogens (tertiary/aromatic N) is 2. The number of thiazole rings is 1. The summed E-state index contributed by atoms with van der Waals surface area (Å²) < 4.78 is 17.9. The van der Waals surface area contributed by atoms with Crippen LogP contribution < -0.4 is 14.2 Å². The first-order valence-electron chi connectivity index (χ1n) is 13.0. The van der Waals surface area contributed by atoms with Gasteiger partial charge in [-0.2, -0.15) is 5.26 Å². The van der Waals surface area contributed by atoms with Crippen molar-refractivity contribution in [2.24, 2.45) is 0 Å². The van der Waals surface area contributed by atoms with Crippen LogP contribution >= 0.6 is 11.3 Å². The van der Waals surface area contributed by atoms with Crippen LogP contribution in [0.3, 0.4) is 0 Å². The summed E-state index contributed by atoms with van der Waals surface area (Å²) in [6.45, 7) is 3.41. The number of nitriles is 1. The lowest BCUT2D eigenvalue weighted by Crippen LogP contribution is -2.01. The SMILES string of the molecule is CCOc1ccc(-c2csc(/C(C#N)=C/c3ccc(OCc4ccccc4)c(OCc4ccccc4)c3)n2)cc1. The van der Waals surface area contributed by atoms with Gasteiger partial charge in [-0.05, 0) is 66.1 Å². The minimum atomic E-state index is 0.402. The Balaban J connectivity index is 1.38. The standard InChI is InChI=1S/C34H28N2O3S/c1-2-37-30-16-14-28(15-17-30)31-24-40-34(36-31)29(21-35)19-27-13-18-32(38-22-25-9-5-3-6-10-25)33(20-27)39-23-26-11-7-4-8-12-26/h3-20,24H,2,22-23H2,1H3/b29-19+. The number of rotatable bonds is 11. The first-order chi connectivity index (χ1) is 19.7. The van der Waals surface area contributed by atoms with Gasteiger partial charge in [0.15, 0.2) is 11.5 Å². The van der Waals surface area contributed by atoms with Gasteiger partial charge in [-0.3, -0.25) is 0 Å². The highest BCUT2D eigenvalue weighted by Gasteiger charge is 2.12. The number of hydrogen-bond acceptors (Lipinski definition) is 6. The minimum absolute atomic E-state index is 0.402. The lowest BCUT2D eigenvalue weighted by atomic mass is 10.1. The number of benzene rings is 4. The van der Waals surface area contributed by atoms with Crippen LogP contribution in [0.5, 0.6) is 17.2 Å². The van der Waals surface area contributed by atoms with E-state index >= 15 is 0 Å². The Kier molecular flexibility index (Phi) is 8.87. The maximum Gasteiger partial charge on any atom is 0.162 e. The average molecular weight is 545 g/mol. The van der Waals surface area contributed by atoms with Crippen LogP contribution in [0.2, 0.25) is 0 Å². The Morgan fingerprint density at radius 2 is 1.45 bits per heavy atom. The van der Waals surface area contributed by atoms with E-state index in [0.717, 1.165) is 33.7 Å². The molecule has 0 saturated carbocycles. The first kappa shape index (κ1) is 26.7. The highest BCUT2D eigenvalue weighted by atomic mass is 32.1. The van der Waals surface area contributed by atoms with Crippen molar-refractivity contribution in [3.63, 3.8) is 0 Å². The first-order valence-corrected chi connectivity index (χ1v) is 13.9. The molecule has 0 bridgehead atoms. The molecule has 198 valence electrons. The molecule has 0 fully saturated rings. The molecule has 0 atom stereocenters. The molecule has 0 radical (unpaired) electrons. The van der Waals surface area contributed by atoms with Crippen molar-refractivity contribution >= 4 is 23.0 Å². The average Bonchev–Trinajstić information content (AvgIpc) is 3.50. The van der Waals surface area contributed by atoms with Crippen LogP contribution in [-0.4, -0.2) is 11.6 Å². The Morgan fingerprint density at radius 1 is 0.800 bits per heavy atom. The molecule has 5 rings (SSSR count). The molecule has 1 aromatic heterocycles. The monoisotopic (exact) mass is 544 g/mol. The van der Waals surface area contributed by atoms with E-state index in [0.29, 0.717) is 41.9 Å². The molecule has 0 aliphatic heterocycles. The normalized spacial score (nSPS) is 11.1. The minimum Gasteiger partial charge on any atom is -0.494 e. The third-order valence-corrected chi connectivity index (χ3v) is 6.94. The van der Waals surface area contributed by atoms with Gasteiger partial charge in [-0.25, -0.2) is 4.98 Å². The largest absolute Gasteiger partial charge is 0.494 e. The molecular weight excluding hydrogens is 516 g/mol. The van der Waals surface area contributed by atoms with Gasteiger partial charge in [0.1, 0.15) is 30.0 Å². The third-order valence-electron chi connectivity index (χ3n) is 6.07. The van der Waals surface area contributed by atoms with Gasteiger partial charge in [0.25, 0.3) is 0 Å². The van der Waals surface area contributed by atoms with Crippen molar-refractivity contribution in [3.8, 4) is 34.6 Å². The van der Waals surface area contributed by atoms with Gasteiger partial charge >= 0.3 is 0 Å². The van der Waals surface area contributed by atoms with Crippen molar-refractivity contribution in [3.05, 3.63) is 130 Å². The maximum absolute atomic E-state index is 9.98. The molecule has 0 aliphatic rings. The van der Waals surface area contributed by atoms with Crippen molar-refractivity contribution in [2.75, 3.05) is 6.61 Å². The molecule has 4 aromatic carbocycles. The van der Waals surface area contributed by atoms with Gasteiger partial charge in [-0.1, -0.05) is 66.7 Å². The summed E-state index contributed by atoms with van der Waals surface area (Å²) in [6, 6.07) is 35.8. The second-order valence-electron chi connectivity index (χ2n) is 8.92. The molecule has 0 spiro atoms. The molecule has 0 amide bonds. The fraction of sp³-hybridized carbons (Fsp3) is 0.118. The Labute approximate surface area is 238 Å². The van der Waals surface area contributed by atoms with E-state index in [1.165, 1.54) is 11.3 Å². The van der Waals surface area contributed by atoms with E-state index in [-0.39, 0.29) is 0 Å². The van der Waals surface area contributed by atoms with Crippen LogP contribution in [0, 0.1) is 11.3 Å². The lowest BCUT2D eigenvalue weighted by molar-refractivity contribution is 0.256. The zero-order valence-electron chi connectivity index (χ0n) is 22.1. The van der Waals surface area contributed by atoms with Crippen molar-refractivity contribution in [2.45, 2.75) is 20.1 Å². The fourth-order valence-electron chi connectivity index (χ4n) is 4.04. The topological polar surface area (TPSA) is 64.4 Å². The second-order valence-corrected chi connectivity index (χ2v) is 9.78. The molecule has 0 saturated heterocycles. The molecule has 5 aromatic rings. The summed E-state index contributed by atoms with van der Waals surface area (Å²) in [4.78, 5) is 4.73. The van der Waals surface area contributed by atoms with E-state index in [1.54, 1.807) is 0 Å². The molecular formula is C34H28N2O3S. The van der Waals surface area contributed by atoms with Crippen molar-refractivity contribution in [1.29, 1.82) is 5.26 Å². The smallest absolute Gasteiger partial charge is 0.162 e. The summed E-state index contributed by atoms with van der Waals surface area (Å²) in [7, 11) is 0. The number of hydrogen-bond donors (Lipinski definition) is 0. The van der Waals surface area contributed by atoms with E-state index in [9.17, 15) is 5.26 Å². The van der Waals surface area contributed by atoms with E-state index in [2.05, 4.69) is 6.07 Å². The zero-order chi connectivity index (χ0) is 27.6. The third kappa shape index (κ3) is 6.96. The molecule has 6 heteroatoms. The van der Waals surface area contributed by atoms with Crippen molar-refractivity contribution < 1.29 is 14.2 Å². The van der Waals surface area contributed by atoms with Gasteiger partial charge in [0.2, 0.25) is 0 Å². The number of ether oxygens (including phenoxy) is 3. The van der Waals surface area contributed by atoms with Crippen LogP contribution in [0.1, 0.15) is 28.6 Å². The Bertz CT molecular complexity index is 1610. The summed E-state index contributed by atoms with van der Waals surface area (Å²) in [5, 5.41) is 12.6. The van der Waals surface area contributed by atoms with Gasteiger partial charge < -0.3 is 14.2 Å². The number of aromatic nitrogens is 1. The summed E-state index contributed by atoms with van der Waals surface area (Å²) in [5.74, 6) is 2.07. The van der Waals surface area contributed by atoms with Crippen LogP contribution in [0.15, 0.2) is 109 Å². The summed E-state index contributed by atoms with van der Waals surface area (Å²) in [6.07, 6.45) is 1.83. The molecule has 1 heterocycles. The van der Waals surface area contributed by atoms with Gasteiger partial charge in [0.05, 0.1) is 17.9 Å². The quantitative estimate of drug-likeness (QED) is 0.156. The second kappa shape index (κ2) is 13.3.